The first-order valence-corrected chi connectivity index (χ1v) is 9.57. The summed E-state index contributed by atoms with van der Waals surface area (Å²) in [7, 11) is 1.80. The summed E-state index contributed by atoms with van der Waals surface area (Å²) in [6.07, 6.45) is 2.54. The fourth-order valence-corrected chi connectivity index (χ4v) is 3.81. The summed E-state index contributed by atoms with van der Waals surface area (Å²) in [5, 5.41) is 8.96. The minimum absolute atomic E-state index is 0.340. The third-order valence-electron chi connectivity index (χ3n) is 4.29. The molecule has 1 aliphatic rings. The van der Waals surface area contributed by atoms with Gasteiger partial charge in [-0.2, -0.15) is 0 Å². The maximum atomic E-state index is 5.50. The number of rotatable bonds is 7. The standard InChI is InChI=1S/C18H26N4O2S/c1-19-18(20-7-6-15-4-2-10-24-15)21-14-16(17-5-3-13-25-17)22-8-11-23-12-9-22/h2-5,10,13,16H,6-9,11-12,14H2,1H3,(H2,19,20,21). The van der Waals surface area contributed by atoms with Gasteiger partial charge in [-0.25, -0.2) is 0 Å². The highest BCUT2D eigenvalue weighted by Gasteiger charge is 2.23. The second kappa shape index (κ2) is 9.60. The molecule has 0 aromatic carbocycles. The van der Waals surface area contributed by atoms with Crippen LogP contribution in [0.5, 0.6) is 0 Å². The monoisotopic (exact) mass is 362 g/mol. The van der Waals surface area contributed by atoms with E-state index in [4.69, 9.17) is 9.15 Å². The smallest absolute Gasteiger partial charge is 0.191 e. The molecular weight excluding hydrogens is 336 g/mol. The van der Waals surface area contributed by atoms with Crippen molar-refractivity contribution in [2.24, 2.45) is 4.99 Å². The zero-order valence-electron chi connectivity index (χ0n) is 14.6. The molecule has 0 spiro atoms. The van der Waals surface area contributed by atoms with Crippen molar-refractivity contribution in [2.45, 2.75) is 12.5 Å². The molecule has 25 heavy (non-hydrogen) atoms. The minimum atomic E-state index is 0.340. The Morgan fingerprint density at radius 3 is 2.84 bits per heavy atom. The highest BCUT2D eigenvalue weighted by molar-refractivity contribution is 7.10. The number of morpholine rings is 1. The fourth-order valence-electron chi connectivity index (χ4n) is 2.95. The topological polar surface area (TPSA) is 62.0 Å². The quantitative estimate of drug-likeness (QED) is 0.584. The lowest BCUT2D eigenvalue weighted by molar-refractivity contribution is 0.0177. The zero-order chi connectivity index (χ0) is 17.3. The molecule has 3 rings (SSSR count). The highest BCUT2D eigenvalue weighted by Crippen LogP contribution is 2.25. The fraction of sp³-hybridized carbons (Fsp3) is 0.500. The SMILES string of the molecule is CN=C(NCCc1ccco1)NCC(c1cccs1)N1CCOCC1. The van der Waals surface area contributed by atoms with Gasteiger partial charge in [-0.15, -0.1) is 11.3 Å². The Kier molecular flexibility index (Phi) is 6.90. The van der Waals surface area contributed by atoms with Crippen LogP contribution in [0.15, 0.2) is 45.3 Å². The van der Waals surface area contributed by atoms with Crippen LogP contribution in [-0.2, 0) is 11.2 Å². The van der Waals surface area contributed by atoms with Crippen LogP contribution in [0.2, 0.25) is 0 Å². The number of hydrogen-bond donors (Lipinski definition) is 2. The van der Waals surface area contributed by atoms with Crippen molar-refractivity contribution >= 4 is 17.3 Å². The first-order chi connectivity index (χ1) is 12.4. The number of thiophene rings is 1. The van der Waals surface area contributed by atoms with Gasteiger partial charge >= 0.3 is 0 Å². The Hall–Kier alpha value is -1.83. The first-order valence-electron chi connectivity index (χ1n) is 8.69. The van der Waals surface area contributed by atoms with E-state index in [9.17, 15) is 0 Å². The molecule has 3 heterocycles. The van der Waals surface area contributed by atoms with Crippen molar-refractivity contribution in [1.82, 2.24) is 15.5 Å². The van der Waals surface area contributed by atoms with E-state index in [0.29, 0.717) is 6.04 Å². The van der Waals surface area contributed by atoms with E-state index >= 15 is 0 Å². The predicted octanol–water partition coefficient (Wildman–Crippen LogP) is 2.12. The van der Waals surface area contributed by atoms with Crippen molar-refractivity contribution < 1.29 is 9.15 Å². The Morgan fingerprint density at radius 1 is 1.28 bits per heavy atom. The molecule has 1 saturated heterocycles. The van der Waals surface area contributed by atoms with E-state index in [1.54, 1.807) is 24.6 Å². The van der Waals surface area contributed by atoms with Crippen LogP contribution in [0.3, 0.4) is 0 Å². The van der Waals surface area contributed by atoms with Gasteiger partial charge < -0.3 is 19.8 Å². The van der Waals surface area contributed by atoms with Crippen molar-refractivity contribution in [1.29, 1.82) is 0 Å². The lowest BCUT2D eigenvalue weighted by Crippen LogP contribution is -2.46. The maximum Gasteiger partial charge on any atom is 0.191 e. The van der Waals surface area contributed by atoms with Gasteiger partial charge in [0, 0.05) is 44.5 Å². The lowest BCUT2D eigenvalue weighted by atomic mass is 10.2. The van der Waals surface area contributed by atoms with E-state index in [-0.39, 0.29) is 0 Å². The zero-order valence-corrected chi connectivity index (χ0v) is 15.4. The third-order valence-corrected chi connectivity index (χ3v) is 5.26. The molecule has 2 aromatic heterocycles. The Balaban J connectivity index is 1.51. The number of nitrogens with one attached hydrogen (secondary N) is 2. The van der Waals surface area contributed by atoms with Gasteiger partial charge in [-0.3, -0.25) is 9.89 Å². The molecule has 0 saturated carbocycles. The molecule has 136 valence electrons. The van der Waals surface area contributed by atoms with E-state index in [0.717, 1.165) is 57.5 Å². The summed E-state index contributed by atoms with van der Waals surface area (Å²) >= 11 is 1.80. The first kappa shape index (κ1) is 18.0. The minimum Gasteiger partial charge on any atom is -0.469 e. The summed E-state index contributed by atoms with van der Waals surface area (Å²) in [6, 6.07) is 8.57. The summed E-state index contributed by atoms with van der Waals surface area (Å²) in [6.45, 7) is 5.15. The molecule has 1 aliphatic heterocycles. The Labute approximate surface area is 152 Å². The molecule has 1 atom stereocenters. The van der Waals surface area contributed by atoms with Gasteiger partial charge in [0.05, 0.1) is 25.5 Å². The van der Waals surface area contributed by atoms with Crippen molar-refractivity contribution in [3.63, 3.8) is 0 Å². The molecule has 0 amide bonds. The van der Waals surface area contributed by atoms with Crippen LogP contribution in [-0.4, -0.2) is 57.3 Å². The van der Waals surface area contributed by atoms with Crippen LogP contribution in [0.4, 0.5) is 0 Å². The number of hydrogen-bond acceptors (Lipinski definition) is 5. The Morgan fingerprint density at radius 2 is 2.16 bits per heavy atom. The predicted molar refractivity (Wildman–Crippen MR) is 101 cm³/mol. The number of aliphatic imine (C=N–C) groups is 1. The van der Waals surface area contributed by atoms with Gasteiger partial charge in [-0.05, 0) is 23.6 Å². The summed E-state index contributed by atoms with van der Waals surface area (Å²) in [5.41, 5.74) is 0. The maximum absolute atomic E-state index is 5.50. The summed E-state index contributed by atoms with van der Waals surface area (Å²) < 4.78 is 10.9. The molecule has 1 fully saturated rings. The number of ether oxygens (including phenoxy) is 1. The van der Waals surface area contributed by atoms with Crippen LogP contribution < -0.4 is 10.6 Å². The van der Waals surface area contributed by atoms with Crippen molar-refractivity contribution in [3.8, 4) is 0 Å². The average Bonchev–Trinajstić information content (AvgIpc) is 3.35. The van der Waals surface area contributed by atoms with Gasteiger partial charge in [0.1, 0.15) is 5.76 Å². The molecule has 1 unspecified atom stereocenters. The largest absolute Gasteiger partial charge is 0.469 e. The number of guanidine groups is 1. The molecule has 7 heteroatoms. The molecular formula is C18H26N4O2S. The van der Waals surface area contributed by atoms with Crippen molar-refractivity contribution in [3.05, 3.63) is 46.5 Å². The second-order valence-corrected chi connectivity index (χ2v) is 6.87. The van der Waals surface area contributed by atoms with Gasteiger partial charge in [0.15, 0.2) is 5.96 Å². The van der Waals surface area contributed by atoms with E-state index < -0.39 is 0 Å². The van der Waals surface area contributed by atoms with Gasteiger partial charge in [-0.1, -0.05) is 6.07 Å². The van der Waals surface area contributed by atoms with Gasteiger partial charge in [0.25, 0.3) is 0 Å². The molecule has 0 bridgehead atoms. The van der Waals surface area contributed by atoms with Gasteiger partial charge in [0.2, 0.25) is 0 Å². The average molecular weight is 362 g/mol. The normalized spacial score (nSPS) is 17.4. The van der Waals surface area contributed by atoms with E-state index in [1.807, 2.05) is 12.1 Å². The summed E-state index contributed by atoms with van der Waals surface area (Å²) in [4.78, 5) is 8.19. The molecule has 6 nitrogen and oxygen atoms in total. The second-order valence-electron chi connectivity index (χ2n) is 5.89. The molecule has 2 aromatic rings. The van der Waals surface area contributed by atoms with Crippen LogP contribution in [0, 0.1) is 0 Å². The number of furan rings is 1. The Bertz CT molecular complexity index is 622. The van der Waals surface area contributed by atoms with Crippen molar-refractivity contribution in [2.75, 3.05) is 46.4 Å². The lowest BCUT2D eigenvalue weighted by Gasteiger charge is -2.34. The van der Waals surface area contributed by atoms with E-state index in [1.165, 1.54) is 4.88 Å². The molecule has 2 N–H and O–H groups in total. The van der Waals surface area contributed by atoms with Crippen LogP contribution >= 0.6 is 11.3 Å². The summed E-state index contributed by atoms with van der Waals surface area (Å²) in [5.74, 6) is 1.80. The molecule has 0 radical (unpaired) electrons. The highest BCUT2D eigenvalue weighted by atomic mass is 32.1. The molecule has 0 aliphatic carbocycles. The number of nitrogens with zero attached hydrogens (tertiary/aromatic N) is 2. The van der Waals surface area contributed by atoms with Crippen LogP contribution in [0.1, 0.15) is 16.7 Å². The van der Waals surface area contributed by atoms with E-state index in [2.05, 4.69) is 38.0 Å². The van der Waals surface area contributed by atoms with Crippen LogP contribution in [0.25, 0.3) is 0 Å². The third kappa shape index (κ3) is 5.32.